The maximum Gasteiger partial charge on any atom is 0.331 e. The highest BCUT2D eigenvalue weighted by atomic mass is 16.6. The summed E-state index contributed by atoms with van der Waals surface area (Å²) in [6, 6.07) is 0. The lowest BCUT2D eigenvalue weighted by atomic mass is 9.65. The van der Waals surface area contributed by atoms with E-state index in [1.165, 1.54) is 0 Å². The third-order valence-electron chi connectivity index (χ3n) is 3.26. The van der Waals surface area contributed by atoms with Gasteiger partial charge in [0, 0.05) is 12.5 Å². The normalized spacial score (nSPS) is 40.1. The standard InChI is InChI=1S/C11H16O3/c1-10(2)5-7(12)6-11(3)8(10)4-9(13)14-11/h4,7,12H,5-6H2,1-3H3/t7?,11-/m0/s1. The Morgan fingerprint density at radius 3 is 2.71 bits per heavy atom. The van der Waals surface area contributed by atoms with Crippen LogP contribution in [0, 0.1) is 5.41 Å². The van der Waals surface area contributed by atoms with Crippen LogP contribution in [0.3, 0.4) is 0 Å². The van der Waals surface area contributed by atoms with E-state index in [1.807, 2.05) is 20.8 Å². The number of fused-ring (bicyclic) bond motifs is 1. The van der Waals surface area contributed by atoms with E-state index in [-0.39, 0.29) is 17.5 Å². The van der Waals surface area contributed by atoms with Crippen molar-refractivity contribution in [1.29, 1.82) is 0 Å². The van der Waals surface area contributed by atoms with E-state index in [1.54, 1.807) is 6.08 Å². The van der Waals surface area contributed by atoms with Gasteiger partial charge in [-0.1, -0.05) is 13.8 Å². The third kappa shape index (κ3) is 1.27. The molecule has 1 heterocycles. The highest BCUT2D eigenvalue weighted by Gasteiger charge is 2.50. The number of ether oxygens (including phenoxy) is 1. The minimum Gasteiger partial charge on any atom is -0.452 e. The Hall–Kier alpha value is -0.830. The van der Waals surface area contributed by atoms with Gasteiger partial charge in [-0.05, 0) is 24.3 Å². The van der Waals surface area contributed by atoms with Crippen LogP contribution in [-0.2, 0) is 9.53 Å². The molecule has 0 radical (unpaired) electrons. The molecule has 0 aromatic rings. The highest BCUT2D eigenvalue weighted by Crippen LogP contribution is 2.49. The zero-order chi connectivity index (χ0) is 10.6. The Labute approximate surface area is 83.8 Å². The van der Waals surface area contributed by atoms with Crippen LogP contribution in [0.2, 0.25) is 0 Å². The van der Waals surface area contributed by atoms with Gasteiger partial charge >= 0.3 is 5.97 Å². The molecule has 0 aromatic heterocycles. The Kier molecular flexibility index (Phi) is 1.80. The molecule has 0 saturated heterocycles. The molecule has 1 aliphatic heterocycles. The van der Waals surface area contributed by atoms with E-state index in [0.29, 0.717) is 12.8 Å². The lowest BCUT2D eigenvalue weighted by Gasteiger charge is -2.43. The fraction of sp³-hybridized carbons (Fsp3) is 0.727. The molecule has 1 aliphatic carbocycles. The second kappa shape index (κ2) is 2.60. The van der Waals surface area contributed by atoms with Gasteiger partial charge in [0.2, 0.25) is 0 Å². The molecule has 2 atom stereocenters. The van der Waals surface area contributed by atoms with Crippen molar-refractivity contribution in [3.8, 4) is 0 Å². The molecule has 1 saturated carbocycles. The van der Waals surface area contributed by atoms with E-state index < -0.39 is 5.60 Å². The van der Waals surface area contributed by atoms with Gasteiger partial charge in [-0.25, -0.2) is 4.79 Å². The van der Waals surface area contributed by atoms with Crippen molar-refractivity contribution in [2.45, 2.75) is 45.3 Å². The molecular weight excluding hydrogens is 180 g/mol. The molecule has 3 heteroatoms. The Morgan fingerprint density at radius 1 is 1.43 bits per heavy atom. The smallest absolute Gasteiger partial charge is 0.331 e. The molecule has 0 bridgehead atoms. The summed E-state index contributed by atoms with van der Waals surface area (Å²) in [7, 11) is 0. The first kappa shape index (κ1) is 9.71. The van der Waals surface area contributed by atoms with E-state index in [2.05, 4.69) is 0 Å². The summed E-state index contributed by atoms with van der Waals surface area (Å²) >= 11 is 0. The summed E-state index contributed by atoms with van der Waals surface area (Å²) < 4.78 is 5.27. The predicted octanol–water partition coefficient (Wildman–Crippen LogP) is 1.41. The van der Waals surface area contributed by atoms with Gasteiger partial charge in [0.25, 0.3) is 0 Å². The van der Waals surface area contributed by atoms with Crippen LogP contribution in [0.25, 0.3) is 0 Å². The number of rotatable bonds is 0. The van der Waals surface area contributed by atoms with Gasteiger partial charge in [0.15, 0.2) is 0 Å². The lowest BCUT2D eigenvalue weighted by molar-refractivity contribution is -0.149. The molecule has 1 N–H and O–H groups in total. The van der Waals surface area contributed by atoms with Crippen LogP contribution in [0.1, 0.15) is 33.6 Å². The number of aliphatic hydroxyl groups is 1. The fourth-order valence-electron chi connectivity index (χ4n) is 2.86. The average molecular weight is 196 g/mol. The Balaban J connectivity index is 2.43. The number of hydrogen-bond donors (Lipinski definition) is 1. The van der Waals surface area contributed by atoms with Gasteiger partial charge in [0.05, 0.1) is 6.10 Å². The first-order valence-electron chi connectivity index (χ1n) is 4.97. The molecule has 1 fully saturated rings. The van der Waals surface area contributed by atoms with Crippen LogP contribution >= 0.6 is 0 Å². The summed E-state index contributed by atoms with van der Waals surface area (Å²) in [5, 5.41) is 9.72. The summed E-state index contributed by atoms with van der Waals surface area (Å²) in [6.07, 6.45) is 2.43. The van der Waals surface area contributed by atoms with E-state index >= 15 is 0 Å². The highest BCUT2D eigenvalue weighted by molar-refractivity contribution is 5.87. The van der Waals surface area contributed by atoms with Crippen molar-refractivity contribution in [2.75, 3.05) is 0 Å². The van der Waals surface area contributed by atoms with E-state index in [4.69, 9.17) is 4.74 Å². The van der Waals surface area contributed by atoms with Crippen molar-refractivity contribution < 1.29 is 14.6 Å². The quantitative estimate of drug-likeness (QED) is 0.596. The molecule has 0 aromatic carbocycles. The molecule has 2 rings (SSSR count). The van der Waals surface area contributed by atoms with Crippen LogP contribution in [0.5, 0.6) is 0 Å². The van der Waals surface area contributed by atoms with Crippen molar-refractivity contribution in [2.24, 2.45) is 5.41 Å². The summed E-state index contributed by atoms with van der Waals surface area (Å²) in [5.41, 5.74) is 0.317. The maximum atomic E-state index is 11.2. The predicted molar refractivity (Wildman–Crippen MR) is 51.6 cm³/mol. The zero-order valence-electron chi connectivity index (χ0n) is 8.83. The number of carbonyl (C=O) groups excluding carboxylic acids is 1. The van der Waals surface area contributed by atoms with E-state index in [9.17, 15) is 9.90 Å². The van der Waals surface area contributed by atoms with Crippen LogP contribution < -0.4 is 0 Å². The molecule has 1 unspecified atom stereocenters. The van der Waals surface area contributed by atoms with Gasteiger partial charge in [-0.3, -0.25) is 0 Å². The van der Waals surface area contributed by atoms with Gasteiger partial charge < -0.3 is 9.84 Å². The SMILES string of the molecule is CC1(C)CC(O)C[C@]2(C)OC(=O)C=C12. The van der Waals surface area contributed by atoms with Crippen molar-refractivity contribution in [3.05, 3.63) is 11.6 Å². The first-order valence-corrected chi connectivity index (χ1v) is 4.97. The molecule has 0 amide bonds. The summed E-state index contributed by atoms with van der Waals surface area (Å²) in [5.74, 6) is -0.273. The molecular formula is C11H16O3. The topological polar surface area (TPSA) is 46.5 Å². The van der Waals surface area contributed by atoms with Crippen molar-refractivity contribution in [3.63, 3.8) is 0 Å². The number of aliphatic hydroxyl groups excluding tert-OH is 1. The first-order chi connectivity index (χ1) is 6.33. The fourth-order valence-corrected chi connectivity index (χ4v) is 2.86. The zero-order valence-corrected chi connectivity index (χ0v) is 8.83. The molecule has 2 aliphatic rings. The third-order valence-corrected chi connectivity index (χ3v) is 3.26. The number of esters is 1. The Bertz CT molecular complexity index is 316. The second-order valence-corrected chi connectivity index (χ2v) is 5.16. The van der Waals surface area contributed by atoms with Gasteiger partial charge in [-0.2, -0.15) is 0 Å². The van der Waals surface area contributed by atoms with Crippen LogP contribution in [0.4, 0.5) is 0 Å². The summed E-state index contributed by atoms with van der Waals surface area (Å²) in [4.78, 5) is 11.2. The second-order valence-electron chi connectivity index (χ2n) is 5.16. The lowest BCUT2D eigenvalue weighted by Crippen LogP contribution is -2.44. The summed E-state index contributed by atoms with van der Waals surface area (Å²) in [6.45, 7) is 5.97. The van der Waals surface area contributed by atoms with Crippen molar-refractivity contribution >= 4 is 5.97 Å². The van der Waals surface area contributed by atoms with Crippen LogP contribution in [-0.4, -0.2) is 22.8 Å². The largest absolute Gasteiger partial charge is 0.452 e. The molecule has 0 spiro atoms. The van der Waals surface area contributed by atoms with Crippen LogP contribution in [0.15, 0.2) is 11.6 Å². The molecule has 78 valence electrons. The Morgan fingerprint density at radius 2 is 2.07 bits per heavy atom. The monoisotopic (exact) mass is 196 g/mol. The minimum absolute atomic E-state index is 0.140. The average Bonchev–Trinajstić information content (AvgIpc) is 2.22. The number of carbonyl (C=O) groups is 1. The van der Waals surface area contributed by atoms with Gasteiger partial charge in [0.1, 0.15) is 5.60 Å². The maximum absolute atomic E-state index is 11.2. The molecule has 14 heavy (non-hydrogen) atoms. The number of hydrogen-bond acceptors (Lipinski definition) is 3. The van der Waals surface area contributed by atoms with Gasteiger partial charge in [-0.15, -0.1) is 0 Å². The van der Waals surface area contributed by atoms with E-state index in [0.717, 1.165) is 5.57 Å². The van der Waals surface area contributed by atoms with Crippen molar-refractivity contribution in [1.82, 2.24) is 0 Å². The minimum atomic E-state index is -0.571. The molecule has 3 nitrogen and oxygen atoms in total.